The van der Waals surface area contributed by atoms with Crippen LogP contribution >= 0.6 is 0 Å². The Balaban J connectivity index is 1.41. The van der Waals surface area contributed by atoms with Gasteiger partial charge >= 0.3 is 0 Å². The number of carbonyl (C=O) groups is 1. The van der Waals surface area contributed by atoms with Crippen LogP contribution in [0, 0.1) is 0 Å². The smallest absolute Gasteiger partial charge is 0.241 e. The van der Waals surface area contributed by atoms with Crippen molar-refractivity contribution in [2.24, 2.45) is 0 Å². The maximum atomic E-state index is 11.9. The number of carbonyl (C=O) groups excluding carboxylic acids is 1. The molecule has 1 aromatic heterocycles. The van der Waals surface area contributed by atoms with Crippen molar-refractivity contribution in [1.29, 1.82) is 0 Å². The second kappa shape index (κ2) is 6.70. The summed E-state index contributed by atoms with van der Waals surface area (Å²) in [5, 5.41) is 20.7. The average molecular weight is 300 g/mol. The second-order valence-corrected chi connectivity index (χ2v) is 5.76. The molecule has 6 heteroatoms. The molecule has 3 rings (SSSR count). The second-order valence-electron chi connectivity index (χ2n) is 5.76. The van der Waals surface area contributed by atoms with Crippen LogP contribution in [0.3, 0.4) is 0 Å². The fourth-order valence-corrected chi connectivity index (χ4v) is 2.35. The molecule has 22 heavy (non-hydrogen) atoms. The molecule has 0 bridgehead atoms. The number of aliphatic hydroxyl groups excluding tert-OH is 1. The standard InChI is InChI=1S/C16H20N4O2/c21-14(8-12-4-2-1-3-5-12)9-17-16(22)11-20-10-15(18-19-20)13-6-7-13/h1-5,10,13-14,21H,6-9,11H2,(H,17,22). The van der Waals surface area contributed by atoms with Gasteiger partial charge in [0, 0.05) is 25.1 Å². The minimum atomic E-state index is -0.593. The molecule has 6 nitrogen and oxygen atoms in total. The van der Waals surface area contributed by atoms with E-state index in [-0.39, 0.29) is 19.0 Å². The number of amides is 1. The van der Waals surface area contributed by atoms with Crippen LogP contribution in [-0.4, -0.2) is 38.7 Å². The Hall–Kier alpha value is -2.21. The molecule has 116 valence electrons. The molecular formula is C16H20N4O2. The molecule has 2 N–H and O–H groups in total. The molecule has 1 fully saturated rings. The monoisotopic (exact) mass is 300 g/mol. The Kier molecular flexibility index (Phi) is 4.48. The van der Waals surface area contributed by atoms with Crippen LogP contribution in [0.2, 0.25) is 0 Å². The molecule has 1 atom stereocenters. The highest BCUT2D eigenvalue weighted by atomic mass is 16.3. The summed E-state index contributed by atoms with van der Waals surface area (Å²) < 4.78 is 1.55. The highest BCUT2D eigenvalue weighted by Crippen LogP contribution is 2.38. The SMILES string of the molecule is O=C(Cn1cc(C2CC2)nn1)NCC(O)Cc1ccccc1. The summed E-state index contributed by atoms with van der Waals surface area (Å²) in [5.41, 5.74) is 2.02. The van der Waals surface area contributed by atoms with Crippen LogP contribution < -0.4 is 5.32 Å². The largest absolute Gasteiger partial charge is 0.391 e. The van der Waals surface area contributed by atoms with Crippen molar-refractivity contribution >= 4 is 5.91 Å². The maximum absolute atomic E-state index is 11.9. The van der Waals surface area contributed by atoms with E-state index in [0.29, 0.717) is 12.3 Å². The van der Waals surface area contributed by atoms with Gasteiger partial charge in [0.05, 0.1) is 11.8 Å². The third-order valence-corrected chi connectivity index (χ3v) is 3.71. The Morgan fingerprint density at radius 1 is 1.36 bits per heavy atom. The molecule has 1 saturated carbocycles. The Labute approximate surface area is 129 Å². The Bertz CT molecular complexity index is 622. The van der Waals surface area contributed by atoms with E-state index in [9.17, 15) is 9.90 Å². The highest BCUT2D eigenvalue weighted by Gasteiger charge is 2.26. The summed E-state index contributed by atoms with van der Waals surface area (Å²) in [4.78, 5) is 11.9. The topological polar surface area (TPSA) is 80.0 Å². The van der Waals surface area contributed by atoms with E-state index in [1.807, 2.05) is 36.5 Å². The van der Waals surface area contributed by atoms with Gasteiger partial charge in [-0.3, -0.25) is 4.79 Å². The van der Waals surface area contributed by atoms with Crippen LogP contribution in [-0.2, 0) is 17.8 Å². The van der Waals surface area contributed by atoms with Gasteiger partial charge < -0.3 is 10.4 Å². The average Bonchev–Trinajstić information content (AvgIpc) is 3.27. The van der Waals surface area contributed by atoms with Gasteiger partial charge in [-0.15, -0.1) is 5.10 Å². The van der Waals surface area contributed by atoms with Crippen LogP contribution in [0.4, 0.5) is 0 Å². The normalized spacial score (nSPS) is 15.5. The first-order chi connectivity index (χ1) is 10.7. The quantitative estimate of drug-likeness (QED) is 0.795. The van der Waals surface area contributed by atoms with E-state index in [0.717, 1.165) is 24.1 Å². The molecule has 1 amide bonds. The van der Waals surface area contributed by atoms with Gasteiger partial charge in [0.15, 0.2) is 0 Å². The van der Waals surface area contributed by atoms with E-state index < -0.39 is 6.10 Å². The van der Waals surface area contributed by atoms with Gasteiger partial charge in [0.25, 0.3) is 0 Å². The van der Waals surface area contributed by atoms with E-state index >= 15 is 0 Å². The predicted molar refractivity (Wildman–Crippen MR) is 81.2 cm³/mol. The van der Waals surface area contributed by atoms with E-state index in [1.54, 1.807) is 4.68 Å². The van der Waals surface area contributed by atoms with Crippen molar-refractivity contribution in [3.05, 3.63) is 47.8 Å². The Morgan fingerprint density at radius 3 is 2.86 bits per heavy atom. The lowest BCUT2D eigenvalue weighted by atomic mass is 10.1. The number of aromatic nitrogens is 3. The first-order valence-corrected chi connectivity index (χ1v) is 7.59. The molecule has 1 unspecified atom stereocenters. The Morgan fingerprint density at radius 2 is 2.14 bits per heavy atom. The summed E-state index contributed by atoms with van der Waals surface area (Å²) in [7, 11) is 0. The zero-order valence-electron chi connectivity index (χ0n) is 12.4. The molecule has 1 aliphatic rings. The van der Waals surface area contributed by atoms with Gasteiger partial charge in [-0.2, -0.15) is 0 Å². The third-order valence-electron chi connectivity index (χ3n) is 3.71. The van der Waals surface area contributed by atoms with Gasteiger partial charge in [-0.1, -0.05) is 35.5 Å². The minimum absolute atomic E-state index is 0.137. The van der Waals surface area contributed by atoms with Crippen LogP contribution in [0.25, 0.3) is 0 Å². The maximum Gasteiger partial charge on any atom is 0.241 e. The summed E-state index contributed by atoms with van der Waals surface area (Å²) in [6.45, 7) is 0.371. The summed E-state index contributed by atoms with van der Waals surface area (Å²) >= 11 is 0. The van der Waals surface area contributed by atoms with Crippen molar-refractivity contribution in [2.45, 2.75) is 37.8 Å². The van der Waals surface area contributed by atoms with Gasteiger partial charge in [-0.25, -0.2) is 4.68 Å². The molecule has 0 radical (unpaired) electrons. The van der Waals surface area contributed by atoms with E-state index in [1.165, 1.54) is 0 Å². The molecule has 1 heterocycles. The number of nitrogens with one attached hydrogen (secondary N) is 1. The van der Waals surface area contributed by atoms with E-state index in [4.69, 9.17) is 0 Å². The first-order valence-electron chi connectivity index (χ1n) is 7.59. The number of aliphatic hydroxyl groups is 1. The fraction of sp³-hybridized carbons (Fsp3) is 0.438. The zero-order chi connectivity index (χ0) is 15.4. The number of nitrogens with zero attached hydrogens (tertiary/aromatic N) is 3. The van der Waals surface area contributed by atoms with Crippen molar-refractivity contribution in [3.63, 3.8) is 0 Å². The molecule has 0 spiro atoms. The van der Waals surface area contributed by atoms with Gasteiger partial charge in [0.2, 0.25) is 5.91 Å². The molecule has 0 aliphatic heterocycles. The van der Waals surface area contributed by atoms with Gasteiger partial charge in [0.1, 0.15) is 6.54 Å². The van der Waals surface area contributed by atoms with Crippen molar-refractivity contribution in [1.82, 2.24) is 20.3 Å². The number of benzene rings is 1. The van der Waals surface area contributed by atoms with Crippen molar-refractivity contribution in [2.75, 3.05) is 6.54 Å². The lowest BCUT2D eigenvalue weighted by molar-refractivity contribution is -0.122. The predicted octanol–water partition coefficient (Wildman–Crippen LogP) is 0.875. The lowest BCUT2D eigenvalue weighted by Crippen LogP contribution is -2.35. The van der Waals surface area contributed by atoms with Crippen LogP contribution in [0.15, 0.2) is 36.5 Å². The zero-order valence-corrected chi connectivity index (χ0v) is 12.4. The molecule has 1 aliphatic carbocycles. The number of hydrogen-bond donors (Lipinski definition) is 2. The van der Waals surface area contributed by atoms with Crippen molar-refractivity contribution in [3.8, 4) is 0 Å². The van der Waals surface area contributed by atoms with E-state index in [2.05, 4.69) is 15.6 Å². The van der Waals surface area contributed by atoms with Crippen LogP contribution in [0.1, 0.15) is 30.0 Å². The lowest BCUT2D eigenvalue weighted by Gasteiger charge is -2.11. The minimum Gasteiger partial charge on any atom is -0.391 e. The molecule has 2 aromatic rings. The highest BCUT2D eigenvalue weighted by molar-refractivity contribution is 5.75. The summed E-state index contributed by atoms with van der Waals surface area (Å²) in [5.74, 6) is 0.365. The number of hydrogen-bond acceptors (Lipinski definition) is 4. The third kappa shape index (κ3) is 4.14. The van der Waals surface area contributed by atoms with Crippen molar-refractivity contribution < 1.29 is 9.90 Å². The van der Waals surface area contributed by atoms with Crippen LogP contribution in [0.5, 0.6) is 0 Å². The number of rotatable bonds is 7. The van der Waals surface area contributed by atoms with Gasteiger partial charge in [-0.05, 0) is 18.4 Å². The first kappa shape index (κ1) is 14.7. The fourth-order valence-electron chi connectivity index (χ4n) is 2.35. The molecule has 0 saturated heterocycles. The summed E-state index contributed by atoms with van der Waals surface area (Å²) in [6.07, 6.45) is 4.09. The molecular weight excluding hydrogens is 280 g/mol. The summed E-state index contributed by atoms with van der Waals surface area (Å²) in [6, 6.07) is 9.72. The molecule has 1 aromatic carbocycles.